The van der Waals surface area contributed by atoms with E-state index in [1.54, 1.807) is 0 Å². The van der Waals surface area contributed by atoms with Gasteiger partial charge in [0.2, 0.25) is 0 Å². The highest BCUT2D eigenvalue weighted by molar-refractivity contribution is 6.24. The van der Waals surface area contributed by atoms with E-state index in [4.69, 9.17) is 32.1 Å². The standard InChI is InChI=1S/C44H26O2/c1-3-15-34-32(13-1)41(28-25-23-27(24-26-28)29-17-9-18-36-30-11-5-7-21-39(30)45-43(29)36)33-14-2-4-16-35(33)42(34)38-20-10-19-37-31-12-6-8-22-40(31)46-44(37)38/h1-26H/i1D,2D,3D,4D,5D,6D,7D,8D,9D,10D,11D,12D,13D,14D,15D,16D,17D,18D,19D,20D,21D,22D,23D,24D,25D,26D. The lowest BCUT2D eigenvalue weighted by Crippen LogP contribution is -1.91. The van der Waals surface area contributed by atoms with Gasteiger partial charge in [0.1, 0.15) is 22.3 Å². The van der Waals surface area contributed by atoms with Crippen molar-refractivity contribution in [3.63, 3.8) is 0 Å². The molecule has 2 heterocycles. The van der Waals surface area contributed by atoms with Crippen LogP contribution in [0.2, 0.25) is 0 Å². The summed E-state index contributed by atoms with van der Waals surface area (Å²) < 4.78 is 244. The molecule has 0 atom stereocenters. The molecule has 10 rings (SSSR count). The summed E-state index contributed by atoms with van der Waals surface area (Å²) in [5, 5.41) is -4.49. The van der Waals surface area contributed by atoms with E-state index in [-0.39, 0.29) is 5.39 Å². The Hall–Kier alpha value is -6.12. The molecule has 2 nitrogen and oxygen atoms in total. The van der Waals surface area contributed by atoms with Crippen molar-refractivity contribution in [3.8, 4) is 33.4 Å². The first-order valence-corrected chi connectivity index (χ1v) is 13.6. The minimum Gasteiger partial charge on any atom is -0.455 e. The molecule has 0 saturated carbocycles. The molecule has 8 aromatic carbocycles. The highest BCUT2D eigenvalue weighted by Gasteiger charge is 2.20. The van der Waals surface area contributed by atoms with Crippen LogP contribution in [0, 0.1) is 0 Å². The number of benzene rings is 8. The molecule has 0 bridgehead atoms. The Bertz CT molecular complexity index is 4180. The average Bonchev–Trinajstić information content (AvgIpc) is 3.95. The lowest BCUT2D eigenvalue weighted by molar-refractivity contribution is 0.669. The molecule has 214 valence electrons. The fourth-order valence-electron chi connectivity index (χ4n) is 5.70. The fourth-order valence-corrected chi connectivity index (χ4v) is 5.70. The van der Waals surface area contributed by atoms with Gasteiger partial charge in [0.25, 0.3) is 0 Å². The number of rotatable bonds is 3. The van der Waals surface area contributed by atoms with Crippen molar-refractivity contribution in [2.75, 3.05) is 0 Å². The van der Waals surface area contributed by atoms with Crippen molar-refractivity contribution in [1.29, 1.82) is 0 Å². The van der Waals surface area contributed by atoms with Crippen LogP contribution in [0.4, 0.5) is 0 Å². The molecule has 0 aliphatic rings. The van der Waals surface area contributed by atoms with Crippen LogP contribution in [-0.2, 0) is 0 Å². The van der Waals surface area contributed by atoms with E-state index >= 15 is 0 Å². The van der Waals surface area contributed by atoms with Crippen molar-refractivity contribution in [1.82, 2.24) is 0 Å². The van der Waals surface area contributed by atoms with Crippen LogP contribution in [0.5, 0.6) is 0 Å². The molecular formula is C44H26O2. The molecule has 0 N–H and O–H groups in total. The first-order valence-electron chi connectivity index (χ1n) is 26.6. The zero-order chi connectivity index (χ0) is 52.8. The maximum absolute atomic E-state index is 9.59. The minimum absolute atomic E-state index is 0.378. The zero-order valence-corrected chi connectivity index (χ0v) is 22.8. The van der Waals surface area contributed by atoms with Crippen molar-refractivity contribution < 1.29 is 44.5 Å². The summed E-state index contributed by atoms with van der Waals surface area (Å²) in [6.07, 6.45) is 0. The smallest absolute Gasteiger partial charge is 0.143 e. The van der Waals surface area contributed by atoms with Crippen molar-refractivity contribution in [2.45, 2.75) is 0 Å². The van der Waals surface area contributed by atoms with Crippen molar-refractivity contribution in [3.05, 3.63) is 157 Å². The Balaban J connectivity index is 1.45. The zero-order valence-electron chi connectivity index (χ0n) is 48.8. The number of para-hydroxylation sites is 4. The van der Waals surface area contributed by atoms with E-state index < -0.39 is 251 Å². The molecule has 0 amide bonds. The minimum atomic E-state index is -1.06. The van der Waals surface area contributed by atoms with Crippen LogP contribution < -0.4 is 0 Å². The van der Waals surface area contributed by atoms with Crippen LogP contribution in [-0.4, -0.2) is 0 Å². The van der Waals surface area contributed by atoms with Crippen LogP contribution in [0.25, 0.3) is 98.8 Å². The van der Waals surface area contributed by atoms with Gasteiger partial charge in [-0.3, -0.25) is 0 Å². The quantitative estimate of drug-likeness (QED) is 0.186. The lowest BCUT2D eigenvalue weighted by atomic mass is 9.85. The van der Waals surface area contributed by atoms with Gasteiger partial charge < -0.3 is 8.83 Å². The third-order valence-electron chi connectivity index (χ3n) is 7.62. The summed E-state index contributed by atoms with van der Waals surface area (Å²) in [5.41, 5.74) is -6.56. The Morgan fingerprint density at radius 2 is 0.696 bits per heavy atom. The Kier molecular flexibility index (Phi) is 2.26. The predicted octanol–water partition coefficient (Wildman–Crippen LogP) is 12.8. The molecule has 10 aromatic rings. The largest absolute Gasteiger partial charge is 0.455 e. The monoisotopic (exact) mass is 612 g/mol. The highest BCUT2D eigenvalue weighted by atomic mass is 16.3. The number of hydrogen-bond acceptors (Lipinski definition) is 2. The SMILES string of the molecule is [2H]c1c([2H])c(-c2c3c([2H])c([2H])c([2H])c([2H])c3c(-c3c([2H])c([2H])c([2H])c4c3oc3c([2H])c([2H])c([2H])c([2H])c34)c3c([2H])c([2H])c([2H])c([2H])c23)c([2H])c([2H])c1-c1c([2H])c([2H])c([2H])c2c1oc1c([2H])c([2H])c([2H])c([2H])c12. The van der Waals surface area contributed by atoms with Gasteiger partial charge in [-0.15, -0.1) is 0 Å². The Morgan fingerprint density at radius 1 is 0.304 bits per heavy atom. The fraction of sp³-hybridized carbons (Fsp3) is 0. The van der Waals surface area contributed by atoms with Crippen LogP contribution >= 0.6 is 0 Å². The summed E-state index contributed by atoms with van der Waals surface area (Å²) in [6, 6.07) is -22.9. The van der Waals surface area contributed by atoms with Crippen molar-refractivity contribution in [2.24, 2.45) is 0 Å². The van der Waals surface area contributed by atoms with E-state index in [1.165, 1.54) is 0 Å². The predicted molar refractivity (Wildman–Crippen MR) is 192 cm³/mol. The van der Waals surface area contributed by atoms with Crippen LogP contribution in [0.1, 0.15) is 35.6 Å². The number of furan rings is 2. The molecule has 0 aliphatic heterocycles. The second-order valence-electron chi connectivity index (χ2n) is 10.0. The van der Waals surface area contributed by atoms with Gasteiger partial charge in [-0.1, -0.05) is 145 Å². The van der Waals surface area contributed by atoms with Gasteiger partial charge in [0.15, 0.2) is 0 Å². The summed E-state index contributed by atoms with van der Waals surface area (Å²) in [4.78, 5) is 0. The maximum atomic E-state index is 9.59. The molecule has 0 spiro atoms. The van der Waals surface area contributed by atoms with E-state index in [2.05, 4.69) is 0 Å². The molecule has 0 saturated heterocycles. The molecule has 0 unspecified atom stereocenters. The molecule has 46 heavy (non-hydrogen) atoms. The Labute approximate surface area is 301 Å². The van der Waals surface area contributed by atoms with Crippen LogP contribution in [0.15, 0.2) is 166 Å². The number of fused-ring (bicyclic) bond motifs is 8. The molecule has 0 radical (unpaired) electrons. The molecular weight excluding hydrogens is 560 g/mol. The lowest BCUT2D eigenvalue weighted by Gasteiger charge is -2.18. The van der Waals surface area contributed by atoms with Gasteiger partial charge in [-0.2, -0.15) is 0 Å². The first-order chi connectivity index (χ1) is 33.6. The summed E-state index contributed by atoms with van der Waals surface area (Å²) in [6.45, 7) is 0. The average molecular weight is 613 g/mol. The molecule has 2 aromatic heterocycles. The van der Waals surface area contributed by atoms with Gasteiger partial charge in [-0.05, 0) is 50.3 Å². The maximum Gasteiger partial charge on any atom is 0.143 e. The first kappa shape index (κ1) is 10.8. The van der Waals surface area contributed by atoms with E-state index in [9.17, 15) is 12.3 Å². The molecule has 0 fully saturated rings. The topological polar surface area (TPSA) is 26.3 Å². The van der Waals surface area contributed by atoms with Gasteiger partial charge in [0.05, 0.1) is 35.6 Å². The number of hydrogen-bond donors (Lipinski definition) is 0. The highest BCUT2D eigenvalue weighted by Crippen LogP contribution is 2.46. The van der Waals surface area contributed by atoms with Gasteiger partial charge in [0, 0.05) is 38.2 Å². The third-order valence-corrected chi connectivity index (χ3v) is 7.62. The van der Waals surface area contributed by atoms with E-state index in [0.29, 0.717) is 0 Å². The molecule has 2 heteroatoms. The van der Waals surface area contributed by atoms with E-state index in [0.717, 1.165) is 0 Å². The van der Waals surface area contributed by atoms with Gasteiger partial charge >= 0.3 is 0 Å². The van der Waals surface area contributed by atoms with E-state index in [1.807, 2.05) is 0 Å². The summed E-state index contributed by atoms with van der Waals surface area (Å²) in [5.74, 6) is 0. The normalized spacial score (nSPS) is 19.8. The van der Waals surface area contributed by atoms with Gasteiger partial charge in [-0.25, -0.2) is 0 Å². The summed E-state index contributed by atoms with van der Waals surface area (Å²) >= 11 is 0. The molecule has 0 aliphatic carbocycles. The second kappa shape index (κ2) is 9.69. The van der Waals surface area contributed by atoms with Crippen LogP contribution in [0.3, 0.4) is 0 Å². The summed E-state index contributed by atoms with van der Waals surface area (Å²) in [7, 11) is 0. The second-order valence-corrected chi connectivity index (χ2v) is 10.0. The third kappa shape index (κ3) is 3.59. The van der Waals surface area contributed by atoms with Crippen molar-refractivity contribution >= 4 is 65.4 Å². The Morgan fingerprint density at radius 3 is 1.24 bits per heavy atom.